The molecule has 1 fully saturated rings. The number of amides is 2. The molecule has 0 atom stereocenters. The quantitative estimate of drug-likeness (QED) is 0.502. The number of carbonyl (C=O) groups is 1. The monoisotopic (exact) mass is 438 g/mol. The van der Waals surface area contributed by atoms with E-state index >= 15 is 0 Å². The van der Waals surface area contributed by atoms with Crippen molar-refractivity contribution in [2.45, 2.75) is 6.54 Å². The molecule has 32 heavy (non-hydrogen) atoms. The number of urea groups is 1. The van der Waals surface area contributed by atoms with Gasteiger partial charge >= 0.3 is 6.03 Å². The van der Waals surface area contributed by atoms with Crippen molar-refractivity contribution in [3.8, 4) is 11.5 Å². The van der Waals surface area contributed by atoms with Gasteiger partial charge in [0, 0.05) is 55.0 Å². The summed E-state index contributed by atoms with van der Waals surface area (Å²) in [4.78, 5) is 14.6. The molecule has 0 radical (unpaired) electrons. The van der Waals surface area contributed by atoms with E-state index in [1.165, 1.54) is 0 Å². The highest BCUT2D eigenvalue weighted by atomic mass is 16.5. The SMILES string of the molecule is COc1cccc(OCCNC(=O)Nc2ccc3c(ccn3CCN3CCOCC3)c2)c1. The van der Waals surface area contributed by atoms with Crippen LogP contribution >= 0.6 is 0 Å². The lowest BCUT2D eigenvalue weighted by Crippen LogP contribution is -2.38. The Balaban J connectivity index is 1.23. The molecule has 1 saturated heterocycles. The third kappa shape index (κ3) is 5.93. The normalized spacial score (nSPS) is 14.3. The van der Waals surface area contributed by atoms with Crippen LogP contribution in [0.1, 0.15) is 0 Å². The lowest BCUT2D eigenvalue weighted by Gasteiger charge is -2.26. The molecular weight excluding hydrogens is 408 g/mol. The molecule has 8 nitrogen and oxygen atoms in total. The number of hydrogen-bond acceptors (Lipinski definition) is 5. The Morgan fingerprint density at radius 1 is 1.06 bits per heavy atom. The maximum Gasteiger partial charge on any atom is 0.319 e. The molecule has 3 aromatic rings. The first-order valence-corrected chi connectivity index (χ1v) is 10.9. The van der Waals surface area contributed by atoms with Gasteiger partial charge in [-0.25, -0.2) is 4.79 Å². The second-order valence-electron chi connectivity index (χ2n) is 7.65. The van der Waals surface area contributed by atoms with Crippen molar-refractivity contribution in [2.75, 3.05) is 58.4 Å². The molecule has 0 spiro atoms. The standard InChI is InChI=1S/C24H30N4O4/c1-30-21-3-2-4-22(18-21)32-14-8-25-24(29)26-20-5-6-23-19(17-20)7-9-28(23)11-10-27-12-15-31-16-13-27/h2-7,9,17-18H,8,10-16H2,1H3,(H2,25,26,29). The highest BCUT2D eigenvalue weighted by Gasteiger charge is 2.11. The largest absolute Gasteiger partial charge is 0.497 e. The number of morpholine rings is 1. The molecule has 4 rings (SSSR count). The Hall–Kier alpha value is -3.23. The van der Waals surface area contributed by atoms with Crippen molar-refractivity contribution in [3.63, 3.8) is 0 Å². The summed E-state index contributed by atoms with van der Waals surface area (Å²) in [6, 6.07) is 15.2. The van der Waals surface area contributed by atoms with Gasteiger partial charge in [0.1, 0.15) is 18.1 Å². The van der Waals surface area contributed by atoms with Gasteiger partial charge in [0.05, 0.1) is 26.9 Å². The summed E-state index contributed by atoms with van der Waals surface area (Å²) >= 11 is 0. The number of ether oxygens (including phenoxy) is 3. The Morgan fingerprint density at radius 3 is 2.75 bits per heavy atom. The minimum atomic E-state index is -0.259. The van der Waals surface area contributed by atoms with Crippen LogP contribution in [0.2, 0.25) is 0 Å². The molecule has 1 aliphatic heterocycles. The van der Waals surface area contributed by atoms with Crippen LogP contribution in [-0.4, -0.2) is 68.6 Å². The molecule has 2 amide bonds. The van der Waals surface area contributed by atoms with E-state index < -0.39 is 0 Å². The molecule has 0 aliphatic carbocycles. The smallest absolute Gasteiger partial charge is 0.319 e. The predicted octanol–water partition coefficient (Wildman–Crippen LogP) is 3.18. The van der Waals surface area contributed by atoms with Crippen molar-refractivity contribution >= 4 is 22.6 Å². The van der Waals surface area contributed by atoms with Gasteiger partial charge in [-0.2, -0.15) is 0 Å². The van der Waals surface area contributed by atoms with E-state index in [0.29, 0.717) is 18.9 Å². The summed E-state index contributed by atoms with van der Waals surface area (Å²) < 4.78 is 18.5. The summed E-state index contributed by atoms with van der Waals surface area (Å²) in [5.74, 6) is 1.44. The van der Waals surface area contributed by atoms with Crippen LogP contribution in [0.4, 0.5) is 10.5 Å². The molecule has 170 valence electrons. The summed E-state index contributed by atoms with van der Waals surface area (Å²) in [5, 5.41) is 6.80. The first-order chi connectivity index (χ1) is 15.7. The van der Waals surface area contributed by atoms with E-state index in [0.717, 1.165) is 61.7 Å². The zero-order chi connectivity index (χ0) is 22.2. The lowest BCUT2D eigenvalue weighted by molar-refractivity contribution is 0.0365. The van der Waals surface area contributed by atoms with Crippen LogP contribution in [0.5, 0.6) is 11.5 Å². The highest BCUT2D eigenvalue weighted by Crippen LogP contribution is 2.21. The summed E-state index contributed by atoms with van der Waals surface area (Å²) in [6.45, 7) is 6.32. The second kappa shape index (κ2) is 10.9. The van der Waals surface area contributed by atoms with Crippen LogP contribution in [0.15, 0.2) is 54.7 Å². The third-order valence-corrected chi connectivity index (χ3v) is 5.49. The molecule has 2 aromatic carbocycles. The third-order valence-electron chi connectivity index (χ3n) is 5.49. The lowest BCUT2D eigenvalue weighted by atomic mass is 10.2. The minimum Gasteiger partial charge on any atom is -0.497 e. The molecule has 2 N–H and O–H groups in total. The fourth-order valence-electron chi connectivity index (χ4n) is 3.75. The van der Waals surface area contributed by atoms with Gasteiger partial charge in [0.15, 0.2) is 0 Å². The molecule has 0 bridgehead atoms. The fraction of sp³-hybridized carbons (Fsp3) is 0.375. The zero-order valence-electron chi connectivity index (χ0n) is 18.4. The number of aromatic nitrogens is 1. The number of methoxy groups -OCH3 is 1. The minimum absolute atomic E-state index is 0.259. The number of anilines is 1. The van der Waals surface area contributed by atoms with Crippen molar-refractivity contribution in [1.29, 1.82) is 0 Å². The van der Waals surface area contributed by atoms with Crippen LogP contribution in [0.25, 0.3) is 10.9 Å². The Morgan fingerprint density at radius 2 is 1.91 bits per heavy atom. The number of rotatable bonds is 9. The molecule has 1 aliphatic rings. The van der Waals surface area contributed by atoms with Gasteiger partial charge in [0.2, 0.25) is 0 Å². The number of carbonyl (C=O) groups excluding carboxylic acids is 1. The van der Waals surface area contributed by atoms with Gasteiger partial charge in [0.25, 0.3) is 0 Å². The first kappa shape index (κ1) is 22.0. The second-order valence-corrected chi connectivity index (χ2v) is 7.65. The maximum atomic E-state index is 12.2. The van der Waals surface area contributed by atoms with E-state index in [1.807, 2.05) is 36.4 Å². The number of benzene rings is 2. The van der Waals surface area contributed by atoms with Crippen molar-refractivity contribution in [2.24, 2.45) is 0 Å². The number of nitrogens with zero attached hydrogens (tertiary/aromatic N) is 2. The molecule has 1 aromatic heterocycles. The Labute approximate surface area is 188 Å². The van der Waals surface area contributed by atoms with Crippen LogP contribution in [0.3, 0.4) is 0 Å². The summed E-state index contributed by atoms with van der Waals surface area (Å²) in [5.41, 5.74) is 1.92. The van der Waals surface area contributed by atoms with E-state index in [-0.39, 0.29) is 6.03 Å². The highest BCUT2D eigenvalue weighted by molar-refractivity contribution is 5.92. The van der Waals surface area contributed by atoms with E-state index in [9.17, 15) is 4.79 Å². The number of nitrogens with one attached hydrogen (secondary N) is 2. The van der Waals surface area contributed by atoms with Gasteiger partial charge in [-0.1, -0.05) is 6.07 Å². The van der Waals surface area contributed by atoms with Gasteiger partial charge in [-0.3, -0.25) is 4.90 Å². The predicted molar refractivity (Wildman–Crippen MR) is 125 cm³/mol. The number of fused-ring (bicyclic) bond motifs is 1. The topological polar surface area (TPSA) is 77.0 Å². The van der Waals surface area contributed by atoms with Crippen LogP contribution in [0, 0.1) is 0 Å². The molecule has 8 heteroatoms. The fourth-order valence-corrected chi connectivity index (χ4v) is 3.75. The Kier molecular flexibility index (Phi) is 7.47. The molecule has 0 saturated carbocycles. The zero-order valence-corrected chi connectivity index (χ0v) is 18.4. The summed E-state index contributed by atoms with van der Waals surface area (Å²) in [7, 11) is 1.61. The molecule has 2 heterocycles. The van der Waals surface area contributed by atoms with Gasteiger partial charge in [-0.15, -0.1) is 0 Å². The van der Waals surface area contributed by atoms with Gasteiger partial charge < -0.3 is 29.4 Å². The molecule has 0 unspecified atom stereocenters. The average molecular weight is 439 g/mol. The van der Waals surface area contributed by atoms with Crippen molar-refractivity contribution < 1.29 is 19.0 Å². The van der Waals surface area contributed by atoms with Gasteiger partial charge in [-0.05, 0) is 36.4 Å². The average Bonchev–Trinajstić information content (AvgIpc) is 3.23. The van der Waals surface area contributed by atoms with E-state index in [2.05, 4.69) is 38.4 Å². The van der Waals surface area contributed by atoms with Crippen LogP contribution in [-0.2, 0) is 11.3 Å². The summed E-state index contributed by atoms with van der Waals surface area (Å²) in [6.07, 6.45) is 2.10. The van der Waals surface area contributed by atoms with E-state index in [1.54, 1.807) is 7.11 Å². The Bertz CT molecular complexity index is 1030. The van der Waals surface area contributed by atoms with Crippen LogP contribution < -0.4 is 20.1 Å². The van der Waals surface area contributed by atoms with E-state index in [4.69, 9.17) is 14.2 Å². The maximum absolute atomic E-state index is 12.2. The van der Waals surface area contributed by atoms with Crippen molar-refractivity contribution in [1.82, 2.24) is 14.8 Å². The first-order valence-electron chi connectivity index (χ1n) is 10.9. The van der Waals surface area contributed by atoms with Crippen molar-refractivity contribution in [3.05, 3.63) is 54.7 Å². The molecular formula is C24H30N4O4. The number of hydrogen-bond donors (Lipinski definition) is 2.